The highest BCUT2D eigenvalue weighted by Gasteiger charge is 2.28. The summed E-state index contributed by atoms with van der Waals surface area (Å²) in [5, 5.41) is 14.8. The molecule has 0 radical (unpaired) electrons. The van der Waals surface area contributed by atoms with Crippen LogP contribution in [0, 0.1) is 29.9 Å². The number of carbonyl (C=O) groups excluding carboxylic acids is 2. The second-order valence-corrected chi connectivity index (χ2v) is 17.6. The second-order valence-electron chi connectivity index (χ2n) is 15.1. The highest BCUT2D eigenvalue weighted by atomic mass is 35.5. The van der Waals surface area contributed by atoms with Crippen LogP contribution in [0.2, 0.25) is 5.02 Å². The van der Waals surface area contributed by atoms with Crippen LogP contribution in [0.5, 0.6) is 11.5 Å². The molecule has 8 rings (SSSR count). The van der Waals surface area contributed by atoms with Crippen molar-refractivity contribution >= 4 is 79.1 Å². The van der Waals surface area contributed by atoms with Gasteiger partial charge in [0.15, 0.2) is 29.4 Å². The maximum atomic E-state index is 14.2. The first-order valence-corrected chi connectivity index (χ1v) is 22.6. The Labute approximate surface area is 395 Å². The SMILES string of the molecule is CCCN(C(=O)N(C)c1cncc2cnn(C)c12)c1cc(-c2cc(OC)c(F)cc2C#N)sc1C=O.CCCn1c(=O)n(-c2cncc(C)c2)c(=O)c2sc(-c3cc(OC)c(F)cc3Cl)cc21. The van der Waals surface area contributed by atoms with Crippen LogP contribution >= 0.6 is 34.3 Å². The molecule has 15 nitrogen and oxygen atoms in total. The number of amides is 2. The summed E-state index contributed by atoms with van der Waals surface area (Å²) in [4.78, 5) is 65.2. The van der Waals surface area contributed by atoms with Crippen molar-refractivity contribution in [3.05, 3.63) is 127 Å². The number of methoxy groups -OCH3 is 2. The zero-order chi connectivity index (χ0) is 48.3. The third-order valence-electron chi connectivity index (χ3n) is 10.7. The number of benzene rings is 2. The number of anilines is 2. The van der Waals surface area contributed by atoms with Gasteiger partial charge in [-0.25, -0.2) is 22.9 Å². The minimum Gasteiger partial charge on any atom is -0.494 e. The number of nitrogens with zero attached hydrogens (tertiary/aromatic N) is 9. The summed E-state index contributed by atoms with van der Waals surface area (Å²) in [5.41, 5.74) is 3.66. The largest absolute Gasteiger partial charge is 0.494 e. The quantitative estimate of drug-likeness (QED) is 0.107. The second kappa shape index (κ2) is 20.1. The van der Waals surface area contributed by atoms with Gasteiger partial charge in [0.25, 0.3) is 5.56 Å². The lowest BCUT2D eigenvalue weighted by Gasteiger charge is -2.28. The van der Waals surface area contributed by atoms with E-state index in [1.54, 1.807) is 66.3 Å². The number of nitriles is 1. The first-order chi connectivity index (χ1) is 32.2. The molecule has 0 N–H and O–H groups in total. The molecular formula is C47H42ClF2N9O6S2. The van der Waals surface area contributed by atoms with Crippen molar-refractivity contribution in [2.75, 3.05) is 37.6 Å². The Balaban J connectivity index is 0.000000201. The van der Waals surface area contributed by atoms with Crippen LogP contribution in [0.3, 0.4) is 0 Å². The maximum Gasteiger partial charge on any atom is 0.336 e. The number of carbonyl (C=O) groups is 2. The lowest BCUT2D eigenvalue weighted by Crippen LogP contribution is -2.42. The summed E-state index contributed by atoms with van der Waals surface area (Å²) in [5.74, 6) is -1.21. The number of urea groups is 1. The number of hydrogen-bond acceptors (Lipinski definition) is 12. The van der Waals surface area contributed by atoms with Crippen molar-refractivity contribution in [1.29, 1.82) is 5.26 Å². The average molecular weight is 966 g/mol. The molecule has 0 atom stereocenters. The van der Waals surface area contributed by atoms with E-state index in [1.165, 1.54) is 59.8 Å². The minimum absolute atomic E-state index is 0.0235. The lowest BCUT2D eigenvalue weighted by molar-refractivity contribution is 0.112. The number of aldehydes is 1. The number of halogens is 3. The third-order valence-corrected chi connectivity index (χ3v) is 13.2. The van der Waals surface area contributed by atoms with Gasteiger partial charge >= 0.3 is 11.7 Å². The third kappa shape index (κ3) is 9.15. The van der Waals surface area contributed by atoms with E-state index in [1.807, 2.05) is 26.8 Å². The molecule has 0 bridgehead atoms. The van der Waals surface area contributed by atoms with Crippen LogP contribution in [0.15, 0.2) is 83.0 Å². The highest BCUT2D eigenvalue weighted by molar-refractivity contribution is 7.22. The standard InChI is InChI=1S/C25H23FN6O3S.C22H19ClFN3O3S/c1-5-6-32(25(34)30(2)20-13-28-11-16-12-29-31(3)24(16)20)19-9-22(36-23(19)14-33)17-8-21(35-4)18(26)7-15(17)10-27;1-4-5-26-17-9-19(14-7-18(30-3)16(24)8-15(14)23)31-20(17)21(28)27(22(26)29)13-6-12(2)10-25-11-13/h7-9,11-14H,5-6H2,1-4H3;6-11H,4-5H2,1-3H3. The fraction of sp³-hybridized carbons (Fsp3) is 0.234. The molecule has 2 aromatic carbocycles. The summed E-state index contributed by atoms with van der Waals surface area (Å²) >= 11 is 8.61. The molecule has 67 heavy (non-hydrogen) atoms. The van der Waals surface area contributed by atoms with Gasteiger partial charge in [-0.05, 0) is 67.8 Å². The molecule has 2 amide bonds. The normalized spacial score (nSPS) is 11.0. The van der Waals surface area contributed by atoms with Gasteiger partial charge in [0, 0.05) is 65.8 Å². The first-order valence-electron chi connectivity index (χ1n) is 20.6. The van der Waals surface area contributed by atoms with Gasteiger partial charge in [-0.1, -0.05) is 25.4 Å². The Kier molecular flexibility index (Phi) is 14.3. The van der Waals surface area contributed by atoms with E-state index in [-0.39, 0.29) is 28.1 Å². The summed E-state index contributed by atoms with van der Waals surface area (Å²) < 4.78 is 43.1. The van der Waals surface area contributed by atoms with Crippen molar-refractivity contribution in [2.24, 2.45) is 7.05 Å². The van der Waals surface area contributed by atoms with Gasteiger partial charge in [0.2, 0.25) is 0 Å². The molecule has 6 heterocycles. The monoisotopic (exact) mass is 965 g/mol. The van der Waals surface area contributed by atoms with Crippen molar-refractivity contribution in [3.8, 4) is 44.1 Å². The molecule has 0 spiro atoms. The molecule has 20 heteroatoms. The number of rotatable bonds is 12. The first kappa shape index (κ1) is 47.7. The van der Waals surface area contributed by atoms with Gasteiger partial charge in [-0.15, -0.1) is 22.7 Å². The summed E-state index contributed by atoms with van der Waals surface area (Å²) in [7, 11) is 6.13. The summed E-state index contributed by atoms with van der Waals surface area (Å²) in [6.07, 6.45) is 10.1. The van der Waals surface area contributed by atoms with Gasteiger partial charge in [0.05, 0.1) is 82.4 Å². The zero-order valence-electron chi connectivity index (χ0n) is 37.3. The molecule has 0 aliphatic carbocycles. The summed E-state index contributed by atoms with van der Waals surface area (Å²) in [6, 6.07) is 12.0. The molecular weight excluding hydrogens is 924 g/mol. The van der Waals surface area contributed by atoms with Gasteiger partial charge in [-0.2, -0.15) is 10.4 Å². The maximum absolute atomic E-state index is 14.2. The number of hydrogen-bond donors (Lipinski definition) is 0. The number of thiophene rings is 2. The van der Waals surface area contributed by atoms with Crippen molar-refractivity contribution in [2.45, 2.75) is 40.2 Å². The fourth-order valence-electron chi connectivity index (χ4n) is 7.50. The Hall–Kier alpha value is -7.27. The van der Waals surface area contributed by atoms with Crippen LogP contribution in [0.1, 0.15) is 47.5 Å². The predicted octanol–water partition coefficient (Wildman–Crippen LogP) is 9.80. The molecule has 0 unspecified atom stereocenters. The van der Waals surface area contributed by atoms with Gasteiger partial charge in [0.1, 0.15) is 4.70 Å². The van der Waals surface area contributed by atoms with E-state index in [0.29, 0.717) is 85.3 Å². The molecule has 0 aliphatic heterocycles. The molecule has 0 saturated heterocycles. The van der Waals surface area contributed by atoms with E-state index in [2.05, 4.69) is 15.1 Å². The van der Waals surface area contributed by atoms with Crippen molar-refractivity contribution in [3.63, 3.8) is 0 Å². The van der Waals surface area contributed by atoms with Gasteiger partial charge < -0.3 is 9.47 Å². The molecule has 344 valence electrons. The Morgan fingerprint density at radius 2 is 1.58 bits per heavy atom. The van der Waals surface area contributed by atoms with Crippen LogP contribution < -0.4 is 30.5 Å². The number of aryl methyl sites for hydroxylation is 3. The molecule has 6 aromatic heterocycles. The summed E-state index contributed by atoms with van der Waals surface area (Å²) in [6.45, 7) is 6.50. The van der Waals surface area contributed by atoms with E-state index in [4.69, 9.17) is 21.1 Å². The molecule has 0 fully saturated rings. The van der Waals surface area contributed by atoms with Crippen LogP contribution in [-0.4, -0.2) is 69.0 Å². The topological polar surface area (TPSA) is 170 Å². The molecule has 0 saturated carbocycles. The number of aromatic nitrogens is 6. The van der Waals surface area contributed by atoms with E-state index in [9.17, 15) is 33.2 Å². The van der Waals surface area contributed by atoms with E-state index < -0.39 is 22.9 Å². The number of ether oxygens (including phenoxy) is 2. The highest BCUT2D eigenvalue weighted by Crippen LogP contribution is 2.41. The minimum atomic E-state index is -0.660. The van der Waals surface area contributed by atoms with Crippen LogP contribution in [0.25, 0.3) is 47.7 Å². The fourth-order valence-corrected chi connectivity index (χ4v) is 9.94. The Morgan fingerprint density at radius 1 is 0.896 bits per heavy atom. The van der Waals surface area contributed by atoms with Crippen LogP contribution in [-0.2, 0) is 13.6 Å². The number of fused-ring (bicyclic) bond motifs is 2. The Morgan fingerprint density at radius 3 is 2.24 bits per heavy atom. The average Bonchev–Trinajstić information content (AvgIpc) is 4.07. The van der Waals surface area contributed by atoms with Crippen LogP contribution in [0.4, 0.5) is 25.0 Å². The van der Waals surface area contributed by atoms with Crippen molar-refractivity contribution < 1.29 is 27.8 Å². The lowest BCUT2D eigenvalue weighted by atomic mass is 10.1. The molecule has 8 aromatic rings. The van der Waals surface area contributed by atoms with E-state index in [0.717, 1.165) is 38.4 Å². The van der Waals surface area contributed by atoms with Crippen molar-refractivity contribution in [1.82, 2.24) is 28.9 Å². The molecule has 0 aliphatic rings. The Bertz CT molecular complexity index is 3370. The smallest absolute Gasteiger partial charge is 0.336 e. The predicted molar refractivity (Wildman–Crippen MR) is 258 cm³/mol. The zero-order valence-corrected chi connectivity index (χ0v) is 39.6. The van der Waals surface area contributed by atoms with E-state index >= 15 is 0 Å². The van der Waals surface area contributed by atoms with Gasteiger partial charge in [-0.3, -0.25) is 38.6 Å². The number of pyridine rings is 2.